The number of fused-ring (bicyclic) bond motifs is 3. The molecule has 0 radical (unpaired) electrons. The lowest BCUT2D eigenvalue weighted by Gasteiger charge is -2.29. The summed E-state index contributed by atoms with van der Waals surface area (Å²) in [6.07, 6.45) is -0.387. The molecule has 2 atom stereocenters. The summed E-state index contributed by atoms with van der Waals surface area (Å²) in [5, 5.41) is 3.36. The van der Waals surface area contributed by atoms with Crippen LogP contribution in [-0.2, 0) is 14.3 Å². The molecule has 27 heavy (non-hydrogen) atoms. The van der Waals surface area contributed by atoms with Gasteiger partial charge in [0.05, 0.1) is 16.7 Å². The van der Waals surface area contributed by atoms with Gasteiger partial charge in [0.15, 0.2) is 17.6 Å². The fraction of sp³-hybridized carbons (Fsp3) is 0.368. The predicted octanol–water partition coefficient (Wildman–Crippen LogP) is 2.75. The topological polar surface area (TPSA) is 77.1 Å². The molecular weight excluding hydrogens is 368 g/mol. The van der Waals surface area contributed by atoms with Gasteiger partial charge in [-0.2, -0.15) is 8.42 Å². The van der Waals surface area contributed by atoms with Crippen LogP contribution in [0.4, 0.5) is 11.4 Å². The fourth-order valence-corrected chi connectivity index (χ4v) is 4.10. The molecule has 2 aliphatic heterocycles. The highest BCUT2D eigenvalue weighted by atomic mass is 32.2. The van der Waals surface area contributed by atoms with Gasteiger partial charge in [0, 0.05) is 7.05 Å². The van der Waals surface area contributed by atoms with Crippen LogP contribution in [0, 0.1) is 6.92 Å². The zero-order chi connectivity index (χ0) is 19.2. The summed E-state index contributed by atoms with van der Waals surface area (Å²) in [7, 11) is -1.88. The van der Waals surface area contributed by atoms with Crippen molar-refractivity contribution in [3.05, 3.63) is 42.0 Å². The summed E-state index contributed by atoms with van der Waals surface area (Å²) in [4.78, 5) is 2.19. The number of nitrogens with zero attached hydrogens (tertiary/aromatic N) is 1. The van der Waals surface area contributed by atoms with Gasteiger partial charge in [0.25, 0.3) is 10.1 Å². The molecule has 0 amide bonds. The van der Waals surface area contributed by atoms with Gasteiger partial charge >= 0.3 is 0 Å². The third-order valence-electron chi connectivity index (χ3n) is 4.82. The molecule has 0 saturated carbocycles. The Hall–Kier alpha value is -2.45. The van der Waals surface area contributed by atoms with E-state index in [1.54, 1.807) is 12.1 Å². The maximum Gasteiger partial charge on any atom is 0.297 e. The molecule has 1 N–H and O–H groups in total. The van der Waals surface area contributed by atoms with Crippen LogP contribution in [0.3, 0.4) is 0 Å². The van der Waals surface area contributed by atoms with Gasteiger partial charge in [-0.25, -0.2) is 0 Å². The molecular formula is C19H22N2O5S. The standard InChI is InChI=1S/C19H22N2O5S/c1-12-4-6-15(7-5-12)27(22,23)25-11-14-10-24-17-9-8-16-18(19(17)26-14)21(3)13(2)20-16/h4-9,13-14,20H,10-11H2,1-3H3. The Bertz CT molecular complexity index is 959. The van der Waals surface area contributed by atoms with Crippen molar-refractivity contribution in [1.82, 2.24) is 0 Å². The van der Waals surface area contributed by atoms with Gasteiger partial charge in [0.2, 0.25) is 0 Å². The molecule has 2 aromatic carbocycles. The van der Waals surface area contributed by atoms with Crippen LogP contribution in [0.2, 0.25) is 0 Å². The minimum atomic E-state index is -3.84. The Morgan fingerprint density at radius 1 is 1.22 bits per heavy atom. The lowest BCUT2D eigenvalue weighted by molar-refractivity contribution is 0.0561. The van der Waals surface area contributed by atoms with Crippen molar-refractivity contribution in [1.29, 1.82) is 0 Å². The van der Waals surface area contributed by atoms with Crippen LogP contribution in [0.1, 0.15) is 12.5 Å². The normalized spacial score (nSPS) is 20.9. The Labute approximate surface area is 159 Å². The first kappa shape index (κ1) is 17.9. The van der Waals surface area contributed by atoms with E-state index in [-0.39, 0.29) is 24.3 Å². The number of rotatable bonds is 4. The zero-order valence-corrected chi connectivity index (χ0v) is 16.2. The van der Waals surface area contributed by atoms with Crippen LogP contribution in [0.5, 0.6) is 11.5 Å². The lowest BCUT2D eigenvalue weighted by atomic mass is 10.2. The SMILES string of the molecule is Cc1ccc(S(=O)(=O)OCC2COc3ccc4c(c3O2)N(C)C(C)N4)cc1. The molecule has 2 aromatic rings. The average molecular weight is 390 g/mol. The summed E-state index contributed by atoms with van der Waals surface area (Å²) >= 11 is 0. The second kappa shape index (κ2) is 6.61. The summed E-state index contributed by atoms with van der Waals surface area (Å²) in [6, 6.07) is 10.4. The van der Waals surface area contributed by atoms with Crippen LogP contribution in [0.25, 0.3) is 0 Å². The van der Waals surface area contributed by atoms with E-state index in [1.807, 2.05) is 33.0 Å². The summed E-state index contributed by atoms with van der Waals surface area (Å²) in [5.74, 6) is 1.26. The van der Waals surface area contributed by atoms with Crippen LogP contribution in [-0.4, -0.2) is 40.9 Å². The minimum absolute atomic E-state index is 0.119. The van der Waals surface area contributed by atoms with E-state index in [0.29, 0.717) is 11.5 Å². The van der Waals surface area contributed by atoms with E-state index in [0.717, 1.165) is 16.9 Å². The molecule has 0 aromatic heterocycles. The zero-order valence-electron chi connectivity index (χ0n) is 15.4. The number of benzene rings is 2. The van der Waals surface area contributed by atoms with E-state index < -0.39 is 16.2 Å². The molecule has 2 heterocycles. The number of hydrogen-bond donors (Lipinski definition) is 1. The van der Waals surface area contributed by atoms with Crippen LogP contribution >= 0.6 is 0 Å². The largest absolute Gasteiger partial charge is 0.486 e. The summed E-state index contributed by atoms with van der Waals surface area (Å²) in [5.41, 5.74) is 2.85. The number of nitrogens with one attached hydrogen (secondary N) is 1. The molecule has 0 spiro atoms. The van der Waals surface area contributed by atoms with Gasteiger partial charge < -0.3 is 19.7 Å². The maximum atomic E-state index is 12.4. The van der Waals surface area contributed by atoms with Crippen molar-refractivity contribution in [3.8, 4) is 11.5 Å². The number of hydrogen-bond acceptors (Lipinski definition) is 7. The van der Waals surface area contributed by atoms with Crippen molar-refractivity contribution < 1.29 is 22.1 Å². The lowest BCUT2D eigenvalue weighted by Crippen LogP contribution is -2.35. The van der Waals surface area contributed by atoms with E-state index >= 15 is 0 Å². The van der Waals surface area contributed by atoms with Crippen molar-refractivity contribution >= 4 is 21.5 Å². The second-order valence-corrected chi connectivity index (χ2v) is 8.44. The van der Waals surface area contributed by atoms with E-state index in [4.69, 9.17) is 13.7 Å². The molecule has 2 aliphatic rings. The van der Waals surface area contributed by atoms with Gasteiger partial charge in [-0.15, -0.1) is 0 Å². The first-order valence-electron chi connectivity index (χ1n) is 8.77. The number of ether oxygens (including phenoxy) is 2. The van der Waals surface area contributed by atoms with Gasteiger partial charge in [-0.05, 0) is 38.1 Å². The molecule has 0 saturated heterocycles. The summed E-state index contributed by atoms with van der Waals surface area (Å²) < 4.78 is 41.8. The molecule has 8 heteroatoms. The highest BCUT2D eigenvalue weighted by Crippen LogP contribution is 2.48. The molecule has 2 unspecified atom stereocenters. The highest BCUT2D eigenvalue weighted by molar-refractivity contribution is 7.86. The monoisotopic (exact) mass is 390 g/mol. The van der Waals surface area contributed by atoms with Crippen LogP contribution in [0.15, 0.2) is 41.3 Å². The second-order valence-electron chi connectivity index (χ2n) is 6.82. The third-order valence-corrected chi connectivity index (χ3v) is 6.12. The molecule has 0 aliphatic carbocycles. The smallest absolute Gasteiger partial charge is 0.297 e. The van der Waals surface area contributed by atoms with Crippen molar-refractivity contribution in [2.45, 2.75) is 31.0 Å². The third kappa shape index (κ3) is 3.30. The van der Waals surface area contributed by atoms with E-state index in [2.05, 4.69) is 10.2 Å². The van der Waals surface area contributed by atoms with Gasteiger partial charge in [-0.3, -0.25) is 4.18 Å². The van der Waals surface area contributed by atoms with Gasteiger partial charge in [0.1, 0.15) is 18.9 Å². The Morgan fingerprint density at radius 2 is 1.96 bits per heavy atom. The first-order valence-corrected chi connectivity index (χ1v) is 10.2. The van der Waals surface area contributed by atoms with Crippen molar-refractivity contribution in [2.24, 2.45) is 0 Å². The fourth-order valence-electron chi connectivity index (χ4n) is 3.17. The molecule has 0 bridgehead atoms. The average Bonchev–Trinajstić information content (AvgIpc) is 2.95. The highest BCUT2D eigenvalue weighted by Gasteiger charge is 2.33. The van der Waals surface area contributed by atoms with Crippen LogP contribution < -0.4 is 19.7 Å². The molecule has 0 fully saturated rings. The summed E-state index contributed by atoms with van der Waals surface area (Å²) in [6.45, 7) is 4.05. The van der Waals surface area contributed by atoms with Crippen molar-refractivity contribution in [3.63, 3.8) is 0 Å². The van der Waals surface area contributed by atoms with E-state index in [1.165, 1.54) is 12.1 Å². The Balaban J connectivity index is 1.49. The first-order chi connectivity index (χ1) is 12.8. The molecule has 144 valence electrons. The predicted molar refractivity (Wildman–Crippen MR) is 102 cm³/mol. The maximum absolute atomic E-state index is 12.4. The van der Waals surface area contributed by atoms with E-state index in [9.17, 15) is 8.42 Å². The molecule has 4 rings (SSSR count). The quantitative estimate of drug-likeness (QED) is 0.805. The minimum Gasteiger partial charge on any atom is -0.486 e. The Kier molecular flexibility index (Phi) is 4.39. The van der Waals surface area contributed by atoms with Gasteiger partial charge in [-0.1, -0.05) is 17.7 Å². The Morgan fingerprint density at radius 3 is 2.70 bits per heavy atom. The molecule has 7 nitrogen and oxygen atoms in total. The number of aryl methyl sites for hydroxylation is 1. The number of anilines is 2. The van der Waals surface area contributed by atoms with Crippen molar-refractivity contribution in [2.75, 3.05) is 30.5 Å².